The molecule has 3 aromatic rings. The van der Waals surface area contributed by atoms with Gasteiger partial charge in [0, 0.05) is 28.9 Å². The highest BCUT2D eigenvalue weighted by molar-refractivity contribution is 6.07. The average molecular weight is 480 g/mol. The standard InChI is InChI=1S/C27H29NO7/c1-7-35-27(30)23-22(17-9-8-10-18(25(17)33-5)26(29)34-6)15(2)28-12-11-16-13-20(31-3)21(32-4)14-19(16)24(23)28/h8-10,13-14H,7,11-12H2,1-6H3. The maximum absolute atomic E-state index is 13.5. The third kappa shape index (κ3) is 3.88. The van der Waals surface area contributed by atoms with Crippen molar-refractivity contribution in [2.24, 2.45) is 0 Å². The van der Waals surface area contributed by atoms with E-state index < -0.39 is 11.9 Å². The van der Waals surface area contributed by atoms with Crippen LogP contribution in [-0.2, 0) is 22.4 Å². The van der Waals surface area contributed by atoms with Crippen molar-refractivity contribution in [1.82, 2.24) is 4.57 Å². The Morgan fingerprint density at radius 3 is 2.29 bits per heavy atom. The molecule has 1 aromatic heterocycles. The van der Waals surface area contributed by atoms with Crippen LogP contribution in [0.15, 0.2) is 30.3 Å². The van der Waals surface area contributed by atoms with E-state index in [1.165, 1.54) is 14.2 Å². The summed E-state index contributed by atoms with van der Waals surface area (Å²) in [4.78, 5) is 25.9. The quantitative estimate of drug-likeness (QED) is 0.455. The van der Waals surface area contributed by atoms with E-state index in [9.17, 15) is 9.59 Å². The van der Waals surface area contributed by atoms with Gasteiger partial charge in [0.05, 0.1) is 46.3 Å². The summed E-state index contributed by atoms with van der Waals surface area (Å²) in [6.07, 6.45) is 0.749. The molecule has 0 radical (unpaired) electrons. The number of nitrogens with zero attached hydrogens (tertiary/aromatic N) is 1. The highest BCUT2D eigenvalue weighted by Crippen LogP contribution is 2.47. The average Bonchev–Trinajstić information content (AvgIpc) is 3.19. The molecule has 8 heteroatoms. The first kappa shape index (κ1) is 24.2. The van der Waals surface area contributed by atoms with Crippen molar-refractivity contribution >= 4 is 11.9 Å². The van der Waals surface area contributed by atoms with E-state index in [1.54, 1.807) is 33.3 Å². The molecule has 0 N–H and O–H groups in total. The number of ether oxygens (including phenoxy) is 5. The van der Waals surface area contributed by atoms with Gasteiger partial charge in [-0.1, -0.05) is 12.1 Å². The normalized spacial score (nSPS) is 11.8. The molecule has 8 nitrogen and oxygen atoms in total. The Morgan fingerprint density at radius 1 is 0.943 bits per heavy atom. The minimum Gasteiger partial charge on any atom is -0.495 e. The smallest absolute Gasteiger partial charge is 0.341 e. The van der Waals surface area contributed by atoms with Crippen molar-refractivity contribution in [3.8, 4) is 39.6 Å². The molecule has 1 aliphatic heterocycles. The van der Waals surface area contributed by atoms with Crippen LogP contribution < -0.4 is 14.2 Å². The molecule has 2 heterocycles. The lowest BCUT2D eigenvalue weighted by Gasteiger charge is -2.23. The second-order valence-corrected chi connectivity index (χ2v) is 8.05. The summed E-state index contributed by atoms with van der Waals surface area (Å²) >= 11 is 0. The van der Waals surface area contributed by atoms with E-state index >= 15 is 0 Å². The van der Waals surface area contributed by atoms with Crippen molar-refractivity contribution in [2.75, 3.05) is 35.0 Å². The zero-order chi connectivity index (χ0) is 25.3. The topological polar surface area (TPSA) is 85.2 Å². The molecule has 184 valence electrons. The summed E-state index contributed by atoms with van der Waals surface area (Å²) < 4.78 is 29.3. The number of aromatic nitrogens is 1. The van der Waals surface area contributed by atoms with Gasteiger partial charge in [-0.15, -0.1) is 0 Å². The number of carbonyl (C=O) groups excluding carboxylic acids is 2. The minimum atomic E-state index is -0.523. The van der Waals surface area contributed by atoms with Crippen LogP contribution in [0.1, 0.15) is 38.9 Å². The molecular weight excluding hydrogens is 450 g/mol. The Kier molecular flexibility index (Phi) is 6.73. The van der Waals surface area contributed by atoms with Crippen molar-refractivity contribution in [3.05, 3.63) is 52.7 Å². The Hall–Kier alpha value is -3.94. The van der Waals surface area contributed by atoms with E-state index in [0.717, 1.165) is 28.9 Å². The zero-order valence-corrected chi connectivity index (χ0v) is 20.8. The number of esters is 2. The number of para-hydroxylation sites is 1. The van der Waals surface area contributed by atoms with Gasteiger partial charge < -0.3 is 28.3 Å². The van der Waals surface area contributed by atoms with Gasteiger partial charge in [-0.2, -0.15) is 0 Å². The molecule has 0 saturated carbocycles. The fourth-order valence-electron chi connectivity index (χ4n) is 4.83. The van der Waals surface area contributed by atoms with E-state index in [4.69, 9.17) is 23.7 Å². The lowest BCUT2D eigenvalue weighted by atomic mass is 9.92. The molecule has 35 heavy (non-hydrogen) atoms. The molecular formula is C27H29NO7. The third-order valence-corrected chi connectivity index (χ3v) is 6.37. The maximum atomic E-state index is 13.5. The molecule has 0 amide bonds. The van der Waals surface area contributed by atoms with Crippen LogP contribution in [0.3, 0.4) is 0 Å². The number of fused-ring (bicyclic) bond motifs is 3. The summed E-state index contributed by atoms with van der Waals surface area (Å²) in [5, 5.41) is 0. The molecule has 0 atom stereocenters. The summed E-state index contributed by atoms with van der Waals surface area (Å²) in [7, 11) is 5.99. The van der Waals surface area contributed by atoms with Crippen LogP contribution in [0, 0.1) is 6.92 Å². The lowest BCUT2D eigenvalue weighted by molar-refractivity contribution is 0.0527. The second kappa shape index (κ2) is 9.74. The Balaban J connectivity index is 2.08. The van der Waals surface area contributed by atoms with E-state index in [0.29, 0.717) is 40.5 Å². The first-order chi connectivity index (χ1) is 16.9. The molecule has 2 aromatic carbocycles. The van der Waals surface area contributed by atoms with E-state index in [-0.39, 0.29) is 12.2 Å². The number of aryl methyl sites for hydroxylation is 1. The van der Waals surface area contributed by atoms with Gasteiger partial charge in [0.2, 0.25) is 0 Å². The van der Waals surface area contributed by atoms with Gasteiger partial charge in [0.1, 0.15) is 11.3 Å². The van der Waals surface area contributed by atoms with Crippen LogP contribution in [-0.4, -0.2) is 51.6 Å². The van der Waals surface area contributed by atoms with Gasteiger partial charge in [0.25, 0.3) is 0 Å². The van der Waals surface area contributed by atoms with Gasteiger partial charge >= 0.3 is 11.9 Å². The molecule has 0 fully saturated rings. The molecule has 0 aliphatic carbocycles. The van der Waals surface area contributed by atoms with Gasteiger partial charge in [0.15, 0.2) is 11.5 Å². The Morgan fingerprint density at radius 2 is 1.66 bits per heavy atom. The number of carbonyl (C=O) groups is 2. The van der Waals surface area contributed by atoms with Crippen molar-refractivity contribution in [1.29, 1.82) is 0 Å². The summed E-state index contributed by atoms with van der Waals surface area (Å²) in [5.41, 5.74) is 5.47. The van der Waals surface area contributed by atoms with Crippen LogP contribution in [0.5, 0.6) is 17.2 Å². The zero-order valence-electron chi connectivity index (χ0n) is 20.8. The Bertz CT molecular complexity index is 1310. The van der Waals surface area contributed by atoms with Crippen molar-refractivity contribution in [3.63, 3.8) is 0 Å². The minimum absolute atomic E-state index is 0.222. The SMILES string of the molecule is CCOC(=O)c1c(-c2cccc(C(=O)OC)c2OC)c(C)n2c1-c1cc(OC)c(OC)cc1CC2. The van der Waals surface area contributed by atoms with Crippen molar-refractivity contribution < 1.29 is 33.3 Å². The highest BCUT2D eigenvalue weighted by atomic mass is 16.5. The maximum Gasteiger partial charge on any atom is 0.341 e. The number of methoxy groups -OCH3 is 4. The Labute approximate surface area is 204 Å². The second-order valence-electron chi connectivity index (χ2n) is 8.05. The monoisotopic (exact) mass is 479 g/mol. The third-order valence-electron chi connectivity index (χ3n) is 6.37. The molecule has 0 spiro atoms. The lowest BCUT2D eigenvalue weighted by Crippen LogP contribution is -2.15. The number of rotatable bonds is 7. The van der Waals surface area contributed by atoms with Crippen LogP contribution in [0.2, 0.25) is 0 Å². The largest absolute Gasteiger partial charge is 0.495 e. The highest BCUT2D eigenvalue weighted by Gasteiger charge is 2.34. The van der Waals surface area contributed by atoms with Gasteiger partial charge in [-0.3, -0.25) is 0 Å². The number of benzene rings is 2. The van der Waals surface area contributed by atoms with Crippen molar-refractivity contribution in [2.45, 2.75) is 26.8 Å². The summed E-state index contributed by atoms with van der Waals surface area (Å²) in [5.74, 6) is 0.565. The van der Waals surface area contributed by atoms with Crippen LogP contribution >= 0.6 is 0 Å². The molecule has 1 aliphatic rings. The first-order valence-corrected chi connectivity index (χ1v) is 11.3. The van der Waals surface area contributed by atoms with Gasteiger partial charge in [-0.25, -0.2) is 9.59 Å². The predicted molar refractivity (Wildman–Crippen MR) is 131 cm³/mol. The molecule has 0 saturated heterocycles. The molecule has 0 bridgehead atoms. The van der Waals surface area contributed by atoms with E-state index in [1.807, 2.05) is 25.1 Å². The summed E-state index contributed by atoms with van der Waals surface area (Å²) in [6, 6.07) is 9.06. The first-order valence-electron chi connectivity index (χ1n) is 11.3. The van der Waals surface area contributed by atoms with Crippen LogP contribution in [0.4, 0.5) is 0 Å². The summed E-state index contributed by atoms with van der Waals surface area (Å²) in [6.45, 7) is 4.61. The fraction of sp³-hybridized carbons (Fsp3) is 0.333. The van der Waals surface area contributed by atoms with Gasteiger partial charge in [-0.05, 0) is 44.0 Å². The fourth-order valence-corrected chi connectivity index (χ4v) is 4.83. The number of hydrogen-bond acceptors (Lipinski definition) is 7. The van der Waals surface area contributed by atoms with Crippen LogP contribution in [0.25, 0.3) is 22.4 Å². The van der Waals surface area contributed by atoms with E-state index in [2.05, 4.69) is 4.57 Å². The predicted octanol–water partition coefficient (Wildman–Crippen LogP) is 4.68. The molecule has 4 rings (SSSR count). The molecule has 0 unspecified atom stereocenters. The number of hydrogen-bond donors (Lipinski definition) is 0.